The van der Waals surface area contributed by atoms with Crippen LogP contribution in [0.15, 0.2) is 35.5 Å². The summed E-state index contributed by atoms with van der Waals surface area (Å²) >= 11 is 5.96. The third-order valence-electron chi connectivity index (χ3n) is 4.71. The van der Waals surface area contributed by atoms with Crippen LogP contribution in [-0.4, -0.2) is 42.8 Å². The molecule has 2 atom stereocenters. The van der Waals surface area contributed by atoms with Crippen molar-refractivity contribution in [3.8, 4) is 0 Å². The molecule has 1 aromatic carbocycles. The number of halogens is 1. The summed E-state index contributed by atoms with van der Waals surface area (Å²) in [4.78, 5) is 26.9. The minimum atomic E-state index is -0.570. The summed E-state index contributed by atoms with van der Waals surface area (Å²) in [7, 11) is 0. The third kappa shape index (κ3) is 3.86. The number of carbonyl (C=O) groups is 2. The number of hydrogen-bond donors (Lipinski definition) is 1. The van der Waals surface area contributed by atoms with Gasteiger partial charge >= 0.3 is 12.0 Å². The van der Waals surface area contributed by atoms with Gasteiger partial charge in [-0.3, -0.25) is 4.90 Å². The van der Waals surface area contributed by atoms with Crippen LogP contribution in [0.1, 0.15) is 38.3 Å². The van der Waals surface area contributed by atoms with Gasteiger partial charge < -0.3 is 14.8 Å². The number of carbonyl (C=O) groups excluding carboxylic acids is 2. The Kier molecular flexibility index (Phi) is 5.84. The molecule has 6 nitrogen and oxygen atoms in total. The van der Waals surface area contributed by atoms with E-state index in [1.807, 2.05) is 0 Å². The summed E-state index contributed by atoms with van der Waals surface area (Å²) in [5.74, 6) is -0.428. The topological polar surface area (TPSA) is 67.9 Å². The predicted octanol–water partition coefficient (Wildman–Crippen LogP) is 3.42. The van der Waals surface area contributed by atoms with E-state index in [1.165, 1.54) is 0 Å². The zero-order chi connectivity index (χ0) is 18.7. The highest BCUT2D eigenvalue weighted by Crippen LogP contribution is 2.32. The van der Waals surface area contributed by atoms with E-state index in [0.29, 0.717) is 29.4 Å². The van der Waals surface area contributed by atoms with E-state index in [4.69, 9.17) is 21.1 Å². The van der Waals surface area contributed by atoms with Gasteiger partial charge in [0.25, 0.3) is 0 Å². The van der Waals surface area contributed by atoms with Crippen molar-refractivity contribution in [3.63, 3.8) is 0 Å². The molecule has 2 heterocycles. The quantitative estimate of drug-likeness (QED) is 0.797. The number of urea groups is 1. The first-order valence-corrected chi connectivity index (χ1v) is 9.22. The Morgan fingerprint density at radius 1 is 1.38 bits per heavy atom. The highest BCUT2D eigenvalue weighted by Gasteiger charge is 2.37. The highest BCUT2D eigenvalue weighted by molar-refractivity contribution is 6.30. The normalized spacial score (nSPS) is 23.2. The van der Waals surface area contributed by atoms with Crippen molar-refractivity contribution in [1.82, 2.24) is 10.2 Å². The van der Waals surface area contributed by atoms with Gasteiger partial charge in [-0.1, -0.05) is 23.7 Å². The summed E-state index contributed by atoms with van der Waals surface area (Å²) in [6.45, 7) is 4.94. The maximum Gasteiger partial charge on any atom is 0.338 e. The molecule has 0 aliphatic carbocycles. The zero-order valence-corrected chi connectivity index (χ0v) is 15.7. The van der Waals surface area contributed by atoms with Crippen molar-refractivity contribution < 1.29 is 19.1 Å². The van der Waals surface area contributed by atoms with E-state index in [0.717, 1.165) is 18.4 Å². The summed E-state index contributed by atoms with van der Waals surface area (Å²) in [6.07, 6.45) is 1.89. The Morgan fingerprint density at radius 2 is 2.12 bits per heavy atom. The van der Waals surface area contributed by atoms with Crippen molar-refractivity contribution in [2.24, 2.45) is 0 Å². The van der Waals surface area contributed by atoms with Crippen molar-refractivity contribution in [1.29, 1.82) is 0 Å². The fourth-order valence-electron chi connectivity index (χ4n) is 3.37. The molecular weight excluding hydrogens is 356 g/mol. The van der Waals surface area contributed by atoms with E-state index in [9.17, 15) is 9.59 Å². The highest BCUT2D eigenvalue weighted by atomic mass is 35.5. The second kappa shape index (κ2) is 8.10. The number of benzene rings is 1. The lowest BCUT2D eigenvalue weighted by Crippen LogP contribution is -2.50. The monoisotopic (exact) mass is 378 g/mol. The van der Waals surface area contributed by atoms with E-state index < -0.39 is 12.0 Å². The lowest BCUT2D eigenvalue weighted by atomic mass is 9.94. The number of nitrogens with one attached hydrogen (secondary N) is 1. The molecule has 0 saturated carbocycles. The first kappa shape index (κ1) is 18.7. The van der Waals surface area contributed by atoms with E-state index >= 15 is 0 Å². The van der Waals surface area contributed by atoms with Gasteiger partial charge in [0.15, 0.2) is 0 Å². The van der Waals surface area contributed by atoms with Gasteiger partial charge in [-0.25, -0.2) is 9.59 Å². The smallest absolute Gasteiger partial charge is 0.338 e. The van der Waals surface area contributed by atoms with Gasteiger partial charge in [0.05, 0.1) is 30.9 Å². The number of esters is 1. The standard InChI is InChI=1S/C19H23ClN2O4/c1-3-25-18(23)16-12(2)22(11-15-5-4-10-26-15)19(24)21-17(16)13-6-8-14(20)9-7-13/h6-9,15,17H,3-5,10-11H2,1-2H3,(H,21,24)/t15-,17+/m1/s1. The molecular formula is C19H23ClN2O4. The maximum absolute atomic E-state index is 12.7. The van der Waals surface area contributed by atoms with Crippen LogP contribution >= 0.6 is 11.6 Å². The molecule has 0 radical (unpaired) electrons. The first-order valence-electron chi connectivity index (χ1n) is 8.84. The van der Waals surface area contributed by atoms with E-state index in [-0.39, 0.29) is 18.7 Å². The average molecular weight is 379 g/mol. The molecule has 2 aliphatic heterocycles. The molecule has 2 aliphatic rings. The average Bonchev–Trinajstić information content (AvgIpc) is 3.12. The molecule has 1 aromatic rings. The van der Waals surface area contributed by atoms with Crippen molar-refractivity contribution >= 4 is 23.6 Å². The van der Waals surface area contributed by atoms with Crippen LogP contribution < -0.4 is 5.32 Å². The van der Waals surface area contributed by atoms with Gasteiger partial charge in [0.1, 0.15) is 0 Å². The minimum absolute atomic E-state index is 0.00812. The lowest BCUT2D eigenvalue weighted by Gasteiger charge is -2.36. The summed E-state index contributed by atoms with van der Waals surface area (Å²) < 4.78 is 10.9. The Bertz CT molecular complexity index is 711. The van der Waals surface area contributed by atoms with Crippen LogP contribution in [0.5, 0.6) is 0 Å². The molecule has 2 amide bonds. The van der Waals surface area contributed by atoms with Crippen LogP contribution in [0.25, 0.3) is 0 Å². The van der Waals surface area contributed by atoms with Crippen molar-refractivity contribution in [2.45, 2.75) is 38.8 Å². The Morgan fingerprint density at radius 3 is 2.73 bits per heavy atom. The molecule has 7 heteroatoms. The SMILES string of the molecule is CCOC(=O)C1=C(C)N(C[C@H]2CCCO2)C(=O)N[C@H]1c1ccc(Cl)cc1. The Balaban J connectivity index is 1.96. The third-order valence-corrected chi connectivity index (χ3v) is 4.96. The van der Waals surface area contributed by atoms with Gasteiger partial charge in [-0.2, -0.15) is 0 Å². The van der Waals surface area contributed by atoms with Crippen LogP contribution in [0.4, 0.5) is 4.79 Å². The summed E-state index contributed by atoms with van der Waals surface area (Å²) in [6, 6.07) is 6.26. The minimum Gasteiger partial charge on any atom is -0.463 e. The number of ether oxygens (including phenoxy) is 2. The van der Waals surface area contributed by atoms with Crippen LogP contribution in [0.3, 0.4) is 0 Å². The Labute approximate surface area is 158 Å². The number of amides is 2. The molecule has 1 fully saturated rings. The predicted molar refractivity (Wildman–Crippen MR) is 97.7 cm³/mol. The fourth-order valence-corrected chi connectivity index (χ4v) is 3.50. The largest absolute Gasteiger partial charge is 0.463 e. The molecule has 1 N–H and O–H groups in total. The molecule has 26 heavy (non-hydrogen) atoms. The van der Waals surface area contributed by atoms with Gasteiger partial charge in [0.2, 0.25) is 0 Å². The second-order valence-electron chi connectivity index (χ2n) is 6.40. The molecule has 0 unspecified atom stereocenters. The molecule has 140 valence electrons. The van der Waals surface area contributed by atoms with Crippen LogP contribution in [0, 0.1) is 0 Å². The second-order valence-corrected chi connectivity index (χ2v) is 6.84. The lowest BCUT2D eigenvalue weighted by molar-refractivity contribution is -0.139. The van der Waals surface area contributed by atoms with E-state index in [2.05, 4.69) is 5.32 Å². The number of rotatable bonds is 5. The molecule has 1 saturated heterocycles. The van der Waals surface area contributed by atoms with Gasteiger partial charge in [0, 0.05) is 17.3 Å². The van der Waals surface area contributed by atoms with Gasteiger partial charge in [-0.15, -0.1) is 0 Å². The van der Waals surface area contributed by atoms with Gasteiger partial charge in [-0.05, 0) is 44.4 Å². The van der Waals surface area contributed by atoms with Crippen molar-refractivity contribution in [2.75, 3.05) is 19.8 Å². The number of allylic oxidation sites excluding steroid dienone is 1. The number of nitrogens with zero attached hydrogens (tertiary/aromatic N) is 1. The molecule has 0 spiro atoms. The molecule has 3 rings (SSSR count). The number of hydrogen-bond acceptors (Lipinski definition) is 4. The Hall–Kier alpha value is -2.05. The first-order chi connectivity index (χ1) is 12.5. The van der Waals surface area contributed by atoms with Crippen LogP contribution in [-0.2, 0) is 14.3 Å². The van der Waals surface area contributed by atoms with Crippen LogP contribution in [0.2, 0.25) is 5.02 Å². The molecule has 0 bridgehead atoms. The fraction of sp³-hybridized carbons (Fsp3) is 0.474. The van der Waals surface area contributed by atoms with Crippen molar-refractivity contribution in [3.05, 3.63) is 46.1 Å². The molecule has 0 aromatic heterocycles. The maximum atomic E-state index is 12.7. The summed E-state index contributed by atoms with van der Waals surface area (Å²) in [5.41, 5.74) is 1.82. The van der Waals surface area contributed by atoms with E-state index in [1.54, 1.807) is 43.0 Å². The zero-order valence-electron chi connectivity index (χ0n) is 15.0. The summed E-state index contributed by atoms with van der Waals surface area (Å²) in [5, 5.41) is 3.52.